The molecule has 0 radical (unpaired) electrons. The average Bonchev–Trinajstić information content (AvgIpc) is 2.27. The minimum atomic E-state index is 0.624. The van der Waals surface area contributed by atoms with Gasteiger partial charge in [-0.05, 0) is 37.2 Å². The highest BCUT2D eigenvalue weighted by molar-refractivity contribution is 9.10. The molecule has 2 N–H and O–H groups in total. The van der Waals surface area contributed by atoms with Crippen molar-refractivity contribution < 1.29 is 4.74 Å². The molecular weight excluding hydrogens is 286 g/mol. The zero-order chi connectivity index (χ0) is 11.8. The van der Waals surface area contributed by atoms with Crippen LogP contribution in [0.15, 0.2) is 28.7 Å². The van der Waals surface area contributed by atoms with Gasteiger partial charge in [0.25, 0.3) is 0 Å². The lowest BCUT2D eigenvalue weighted by Crippen LogP contribution is -2.09. The minimum Gasteiger partial charge on any atom is -0.493 e. The molecule has 0 aliphatic carbocycles. The molecule has 0 aromatic heterocycles. The smallest absolute Gasteiger partial charge is 0.119 e. The molecule has 0 bridgehead atoms. The van der Waals surface area contributed by atoms with Crippen molar-refractivity contribution in [2.75, 3.05) is 18.9 Å². The Labute approximate surface area is 110 Å². The fourth-order valence-electron chi connectivity index (χ4n) is 1.26. The first-order valence-electron chi connectivity index (χ1n) is 5.42. The molecule has 0 heterocycles. The van der Waals surface area contributed by atoms with Crippen molar-refractivity contribution in [3.8, 4) is 5.75 Å². The van der Waals surface area contributed by atoms with Gasteiger partial charge in [0.2, 0.25) is 0 Å². The van der Waals surface area contributed by atoms with Crippen LogP contribution >= 0.6 is 27.7 Å². The molecule has 1 unspecified atom stereocenters. The molecule has 0 fully saturated rings. The normalized spacial score (nSPS) is 12.4. The van der Waals surface area contributed by atoms with Gasteiger partial charge in [0.15, 0.2) is 0 Å². The quantitative estimate of drug-likeness (QED) is 0.785. The van der Waals surface area contributed by atoms with Crippen LogP contribution in [0.5, 0.6) is 5.75 Å². The van der Waals surface area contributed by atoms with E-state index in [1.54, 1.807) is 0 Å². The number of halogens is 1. The Morgan fingerprint density at radius 1 is 1.38 bits per heavy atom. The molecular formula is C12H18BrNOS. The highest BCUT2D eigenvalue weighted by Gasteiger charge is 2.01. The SMILES string of the molecule is CC(CCN)SCCOc1ccc(Br)cc1. The first kappa shape index (κ1) is 13.9. The second-order valence-corrected chi connectivity index (χ2v) is 6.02. The standard InChI is InChI=1S/C12H18BrNOS/c1-10(6-7-14)16-9-8-15-12-4-2-11(13)3-5-12/h2-5,10H,6-9,14H2,1H3. The Morgan fingerprint density at radius 3 is 2.69 bits per heavy atom. The summed E-state index contributed by atoms with van der Waals surface area (Å²) in [5, 5.41) is 0.624. The topological polar surface area (TPSA) is 35.2 Å². The van der Waals surface area contributed by atoms with Gasteiger partial charge in [-0.2, -0.15) is 11.8 Å². The zero-order valence-electron chi connectivity index (χ0n) is 9.49. The van der Waals surface area contributed by atoms with E-state index in [1.165, 1.54) is 0 Å². The number of hydrogen-bond donors (Lipinski definition) is 1. The van der Waals surface area contributed by atoms with Crippen molar-refractivity contribution in [2.24, 2.45) is 5.73 Å². The third-order valence-electron chi connectivity index (χ3n) is 2.14. The van der Waals surface area contributed by atoms with Crippen LogP contribution in [0, 0.1) is 0 Å². The summed E-state index contributed by atoms with van der Waals surface area (Å²) < 4.78 is 6.69. The summed E-state index contributed by atoms with van der Waals surface area (Å²) in [5.74, 6) is 1.94. The average molecular weight is 304 g/mol. The summed E-state index contributed by atoms with van der Waals surface area (Å²) in [7, 11) is 0. The van der Waals surface area contributed by atoms with Crippen LogP contribution in [0.25, 0.3) is 0 Å². The molecule has 0 aliphatic rings. The molecule has 1 aromatic rings. The highest BCUT2D eigenvalue weighted by Crippen LogP contribution is 2.17. The van der Waals surface area contributed by atoms with Gasteiger partial charge in [0, 0.05) is 15.5 Å². The molecule has 0 saturated heterocycles. The van der Waals surface area contributed by atoms with E-state index in [-0.39, 0.29) is 0 Å². The summed E-state index contributed by atoms with van der Waals surface area (Å²) in [4.78, 5) is 0. The first-order chi connectivity index (χ1) is 7.72. The monoisotopic (exact) mass is 303 g/mol. The van der Waals surface area contributed by atoms with Crippen LogP contribution in [-0.4, -0.2) is 24.2 Å². The lowest BCUT2D eigenvalue weighted by Gasteiger charge is -2.10. The maximum absolute atomic E-state index is 5.62. The Morgan fingerprint density at radius 2 is 2.06 bits per heavy atom. The molecule has 16 heavy (non-hydrogen) atoms. The lowest BCUT2D eigenvalue weighted by molar-refractivity contribution is 0.343. The molecule has 1 atom stereocenters. The maximum Gasteiger partial charge on any atom is 0.119 e. The van der Waals surface area contributed by atoms with E-state index in [9.17, 15) is 0 Å². The first-order valence-corrected chi connectivity index (χ1v) is 7.26. The fourth-order valence-corrected chi connectivity index (χ4v) is 2.41. The number of benzene rings is 1. The molecule has 0 spiro atoms. The molecule has 1 aromatic carbocycles. The molecule has 0 aliphatic heterocycles. The number of ether oxygens (including phenoxy) is 1. The highest BCUT2D eigenvalue weighted by atomic mass is 79.9. The molecule has 1 rings (SSSR count). The third-order valence-corrected chi connectivity index (χ3v) is 3.88. The van der Waals surface area contributed by atoms with Crippen molar-refractivity contribution >= 4 is 27.7 Å². The Kier molecular flexibility index (Phi) is 6.92. The summed E-state index contributed by atoms with van der Waals surface area (Å²) >= 11 is 5.30. The number of nitrogens with two attached hydrogens (primary N) is 1. The van der Waals surface area contributed by atoms with Crippen LogP contribution in [0.1, 0.15) is 13.3 Å². The molecule has 90 valence electrons. The van der Waals surface area contributed by atoms with E-state index < -0.39 is 0 Å². The van der Waals surface area contributed by atoms with Crippen molar-refractivity contribution in [1.29, 1.82) is 0 Å². The molecule has 2 nitrogen and oxygen atoms in total. The summed E-state index contributed by atoms with van der Waals surface area (Å²) in [6.45, 7) is 3.72. The second kappa shape index (κ2) is 7.98. The van der Waals surface area contributed by atoms with Gasteiger partial charge in [-0.15, -0.1) is 0 Å². The zero-order valence-corrected chi connectivity index (χ0v) is 11.9. The minimum absolute atomic E-state index is 0.624. The Hall–Kier alpha value is -0.190. The van der Waals surface area contributed by atoms with Crippen molar-refractivity contribution in [3.05, 3.63) is 28.7 Å². The largest absolute Gasteiger partial charge is 0.493 e. The molecule has 0 saturated carbocycles. The van der Waals surface area contributed by atoms with Crippen LogP contribution < -0.4 is 10.5 Å². The summed E-state index contributed by atoms with van der Waals surface area (Å²) in [6.07, 6.45) is 1.07. The Balaban J connectivity index is 2.13. The van der Waals surface area contributed by atoms with Crippen molar-refractivity contribution in [2.45, 2.75) is 18.6 Å². The van der Waals surface area contributed by atoms with Crippen LogP contribution in [0.2, 0.25) is 0 Å². The van der Waals surface area contributed by atoms with Gasteiger partial charge in [-0.3, -0.25) is 0 Å². The van der Waals surface area contributed by atoms with Gasteiger partial charge in [-0.1, -0.05) is 22.9 Å². The van der Waals surface area contributed by atoms with Crippen LogP contribution in [0.4, 0.5) is 0 Å². The van der Waals surface area contributed by atoms with Gasteiger partial charge in [0.05, 0.1) is 6.61 Å². The lowest BCUT2D eigenvalue weighted by atomic mass is 10.3. The van der Waals surface area contributed by atoms with E-state index in [1.807, 2.05) is 36.0 Å². The maximum atomic E-state index is 5.62. The van der Waals surface area contributed by atoms with Crippen LogP contribution in [0.3, 0.4) is 0 Å². The number of rotatable bonds is 7. The molecule has 4 heteroatoms. The third kappa shape index (κ3) is 5.77. The van der Waals surface area contributed by atoms with Gasteiger partial charge in [-0.25, -0.2) is 0 Å². The summed E-state index contributed by atoms with van der Waals surface area (Å²) in [6, 6.07) is 7.91. The van der Waals surface area contributed by atoms with Gasteiger partial charge in [0.1, 0.15) is 5.75 Å². The van der Waals surface area contributed by atoms with E-state index in [0.29, 0.717) is 5.25 Å². The Bertz CT molecular complexity index is 292. The van der Waals surface area contributed by atoms with E-state index in [4.69, 9.17) is 10.5 Å². The van der Waals surface area contributed by atoms with E-state index in [2.05, 4.69) is 22.9 Å². The van der Waals surface area contributed by atoms with Crippen LogP contribution in [-0.2, 0) is 0 Å². The van der Waals surface area contributed by atoms with Gasteiger partial charge >= 0.3 is 0 Å². The predicted octanol–water partition coefficient (Wildman–Crippen LogP) is 3.30. The fraction of sp³-hybridized carbons (Fsp3) is 0.500. The van der Waals surface area contributed by atoms with Crippen molar-refractivity contribution in [3.63, 3.8) is 0 Å². The predicted molar refractivity (Wildman–Crippen MR) is 75.2 cm³/mol. The van der Waals surface area contributed by atoms with E-state index in [0.717, 1.165) is 35.5 Å². The molecule has 0 amide bonds. The second-order valence-electron chi connectivity index (χ2n) is 3.56. The van der Waals surface area contributed by atoms with Crippen molar-refractivity contribution in [1.82, 2.24) is 0 Å². The van der Waals surface area contributed by atoms with Gasteiger partial charge < -0.3 is 10.5 Å². The number of hydrogen-bond acceptors (Lipinski definition) is 3. The van der Waals surface area contributed by atoms with E-state index >= 15 is 0 Å². The summed E-state index contributed by atoms with van der Waals surface area (Å²) in [5.41, 5.74) is 5.49. The number of thioether (sulfide) groups is 1.